The van der Waals surface area contributed by atoms with Crippen molar-refractivity contribution in [1.29, 1.82) is 0 Å². The quantitative estimate of drug-likeness (QED) is 0.655. The molecule has 0 bridgehead atoms. The van der Waals surface area contributed by atoms with Crippen LogP contribution in [0.15, 0.2) is 54.2 Å². The number of urea groups is 1. The summed E-state index contributed by atoms with van der Waals surface area (Å²) in [5, 5.41) is 5.07. The van der Waals surface area contributed by atoms with Crippen LogP contribution < -0.4 is 10.6 Å². The zero-order chi connectivity index (χ0) is 18.7. The first-order chi connectivity index (χ1) is 12.4. The third-order valence-electron chi connectivity index (χ3n) is 3.75. The molecule has 3 rings (SSSR count). The van der Waals surface area contributed by atoms with Crippen molar-refractivity contribution in [3.8, 4) is 0 Å². The molecule has 0 unspecified atom stereocenters. The second kappa shape index (κ2) is 7.18. The Morgan fingerprint density at radius 3 is 2.62 bits per heavy atom. The molecule has 1 heterocycles. The number of rotatable bonds is 4. The number of nitrogens with one attached hydrogen (secondary N) is 2. The summed E-state index contributed by atoms with van der Waals surface area (Å²) < 4.78 is 12.9. The first kappa shape index (κ1) is 17.3. The highest BCUT2D eigenvalue weighted by atomic mass is 19.1. The minimum absolute atomic E-state index is 0.0324. The summed E-state index contributed by atoms with van der Waals surface area (Å²) in [6, 6.07) is 12.0. The Bertz CT molecular complexity index is 907. The van der Waals surface area contributed by atoms with Crippen molar-refractivity contribution in [3.63, 3.8) is 0 Å². The molecule has 2 N–H and O–H groups in total. The SMILES string of the molecule is Cc1cccc(NC(=O)CN2C(=O)NC(=Cc3ccc(F)cc3)C2=O)c1. The van der Waals surface area contributed by atoms with Crippen LogP contribution in [-0.4, -0.2) is 29.3 Å². The molecular weight excluding hydrogens is 337 g/mol. The van der Waals surface area contributed by atoms with Crippen LogP contribution in [0.3, 0.4) is 0 Å². The lowest BCUT2D eigenvalue weighted by Gasteiger charge is -2.12. The van der Waals surface area contributed by atoms with Gasteiger partial charge in [0, 0.05) is 5.69 Å². The number of imide groups is 1. The lowest BCUT2D eigenvalue weighted by atomic mass is 10.2. The number of nitrogens with zero attached hydrogens (tertiary/aromatic N) is 1. The normalized spacial score (nSPS) is 15.3. The van der Waals surface area contributed by atoms with Crippen molar-refractivity contribution >= 4 is 29.6 Å². The lowest BCUT2D eigenvalue weighted by Crippen LogP contribution is -2.38. The molecule has 0 atom stereocenters. The van der Waals surface area contributed by atoms with Gasteiger partial charge in [0.2, 0.25) is 5.91 Å². The van der Waals surface area contributed by atoms with Crippen LogP contribution in [0.1, 0.15) is 11.1 Å². The summed E-state index contributed by atoms with van der Waals surface area (Å²) in [6.45, 7) is 1.49. The summed E-state index contributed by atoms with van der Waals surface area (Å²) in [6.07, 6.45) is 1.43. The van der Waals surface area contributed by atoms with Crippen LogP contribution in [0, 0.1) is 12.7 Å². The van der Waals surface area contributed by atoms with Crippen molar-refractivity contribution in [2.45, 2.75) is 6.92 Å². The number of hydrogen-bond acceptors (Lipinski definition) is 3. The molecule has 0 spiro atoms. The predicted molar refractivity (Wildman–Crippen MR) is 94.4 cm³/mol. The van der Waals surface area contributed by atoms with E-state index in [2.05, 4.69) is 10.6 Å². The van der Waals surface area contributed by atoms with E-state index in [0.717, 1.165) is 10.5 Å². The molecule has 0 aromatic heterocycles. The molecule has 4 amide bonds. The van der Waals surface area contributed by atoms with E-state index < -0.39 is 30.2 Å². The van der Waals surface area contributed by atoms with E-state index in [-0.39, 0.29) is 5.70 Å². The van der Waals surface area contributed by atoms with Gasteiger partial charge in [-0.05, 0) is 48.4 Å². The minimum Gasteiger partial charge on any atom is -0.325 e. The number of carbonyl (C=O) groups is 3. The molecule has 0 saturated carbocycles. The second-order valence-corrected chi connectivity index (χ2v) is 5.85. The maximum atomic E-state index is 12.9. The third-order valence-corrected chi connectivity index (χ3v) is 3.75. The zero-order valence-electron chi connectivity index (χ0n) is 14.0. The standard InChI is InChI=1S/C19H16FN3O3/c1-12-3-2-4-15(9-12)21-17(24)11-23-18(25)16(22-19(23)26)10-13-5-7-14(20)8-6-13/h2-10H,11H2,1H3,(H,21,24)(H,22,26). The Morgan fingerprint density at radius 2 is 1.92 bits per heavy atom. The van der Waals surface area contributed by atoms with Crippen LogP contribution in [0.5, 0.6) is 0 Å². The van der Waals surface area contributed by atoms with Gasteiger partial charge in [-0.2, -0.15) is 0 Å². The highest BCUT2D eigenvalue weighted by molar-refractivity contribution is 6.15. The average molecular weight is 353 g/mol. The van der Waals surface area contributed by atoms with E-state index >= 15 is 0 Å². The lowest BCUT2D eigenvalue weighted by molar-refractivity contribution is -0.127. The third kappa shape index (κ3) is 3.94. The fourth-order valence-corrected chi connectivity index (χ4v) is 2.51. The van der Waals surface area contributed by atoms with E-state index in [4.69, 9.17) is 0 Å². The van der Waals surface area contributed by atoms with Gasteiger partial charge in [-0.1, -0.05) is 24.3 Å². The van der Waals surface area contributed by atoms with Gasteiger partial charge in [-0.3, -0.25) is 9.59 Å². The van der Waals surface area contributed by atoms with Crippen LogP contribution in [-0.2, 0) is 9.59 Å². The van der Waals surface area contributed by atoms with Crippen molar-refractivity contribution in [1.82, 2.24) is 10.2 Å². The number of benzene rings is 2. The minimum atomic E-state index is -0.678. The summed E-state index contributed by atoms with van der Waals surface area (Å²) in [5.41, 5.74) is 2.15. The fraction of sp³-hybridized carbons (Fsp3) is 0.105. The molecule has 1 saturated heterocycles. The fourth-order valence-electron chi connectivity index (χ4n) is 2.51. The molecule has 7 heteroatoms. The monoisotopic (exact) mass is 353 g/mol. The van der Waals surface area contributed by atoms with Crippen LogP contribution in [0.25, 0.3) is 6.08 Å². The number of halogens is 1. The smallest absolute Gasteiger partial charge is 0.325 e. The summed E-state index contributed by atoms with van der Waals surface area (Å²) in [5.74, 6) is -1.50. The van der Waals surface area contributed by atoms with Crippen molar-refractivity contribution in [3.05, 3.63) is 71.2 Å². The molecule has 132 valence electrons. The number of carbonyl (C=O) groups excluding carboxylic acids is 3. The first-order valence-electron chi connectivity index (χ1n) is 7.89. The van der Waals surface area contributed by atoms with Gasteiger partial charge in [0.05, 0.1) is 0 Å². The van der Waals surface area contributed by atoms with Gasteiger partial charge >= 0.3 is 6.03 Å². The van der Waals surface area contributed by atoms with Crippen LogP contribution >= 0.6 is 0 Å². The first-order valence-corrected chi connectivity index (χ1v) is 7.89. The maximum absolute atomic E-state index is 12.9. The molecule has 1 aliphatic rings. The van der Waals surface area contributed by atoms with E-state index in [0.29, 0.717) is 11.3 Å². The molecule has 0 aliphatic carbocycles. The van der Waals surface area contributed by atoms with Crippen molar-refractivity contribution in [2.24, 2.45) is 0 Å². The van der Waals surface area contributed by atoms with Crippen molar-refractivity contribution in [2.75, 3.05) is 11.9 Å². The molecule has 6 nitrogen and oxygen atoms in total. The molecule has 1 aliphatic heterocycles. The number of aryl methyl sites for hydroxylation is 1. The van der Waals surface area contributed by atoms with Gasteiger partial charge in [0.15, 0.2) is 0 Å². The second-order valence-electron chi connectivity index (χ2n) is 5.85. The van der Waals surface area contributed by atoms with E-state index in [9.17, 15) is 18.8 Å². The van der Waals surface area contributed by atoms with Gasteiger partial charge in [0.1, 0.15) is 18.1 Å². The molecule has 2 aromatic carbocycles. The van der Waals surface area contributed by atoms with Gasteiger partial charge < -0.3 is 10.6 Å². The Hall–Kier alpha value is -3.48. The molecule has 26 heavy (non-hydrogen) atoms. The van der Waals surface area contributed by atoms with E-state index in [1.807, 2.05) is 13.0 Å². The summed E-state index contributed by atoms with van der Waals surface area (Å²) in [7, 11) is 0. The molecule has 0 radical (unpaired) electrons. The molecule has 2 aromatic rings. The Balaban J connectivity index is 1.69. The van der Waals surface area contributed by atoms with Crippen LogP contribution in [0.2, 0.25) is 0 Å². The predicted octanol–water partition coefficient (Wildman–Crippen LogP) is 2.67. The number of anilines is 1. The highest BCUT2D eigenvalue weighted by Crippen LogP contribution is 2.15. The van der Waals surface area contributed by atoms with Crippen molar-refractivity contribution < 1.29 is 18.8 Å². The maximum Gasteiger partial charge on any atom is 0.329 e. The van der Waals surface area contributed by atoms with Gasteiger partial charge in [-0.15, -0.1) is 0 Å². The van der Waals surface area contributed by atoms with Gasteiger partial charge in [-0.25, -0.2) is 14.1 Å². The average Bonchev–Trinajstić information content (AvgIpc) is 2.84. The molecule has 1 fully saturated rings. The largest absolute Gasteiger partial charge is 0.329 e. The number of amides is 4. The Kier molecular flexibility index (Phi) is 4.79. The highest BCUT2D eigenvalue weighted by Gasteiger charge is 2.34. The Morgan fingerprint density at radius 1 is 1.19 bits per heavy atom. The molecular formula is C19H16FN3O3. The Labute approximate surface area is 149 Å². The van der Waals surface area contributed by atoms with E-state index in [1.54, 1.807) is 18.2 Å². The topological polar surface area (TPSA) is 78.5 Å². The summed E-state index contributed by atoms with van der Waals surface area (Å²) >= 11 is 0. The van der Waals surface area contributed by atoms with E-state index in [1.165, 1.54) is 30.3 Å². The van der Waals surface area contributed by atoms with Gasteiger partial charge in [0.25, 0.3) is 5.91 Å². The van der Waals surface area contributed by atoms with Crippen LogP contribution in [0.4, 0.5) is 14.9 Å². The summed E-state index contributed by atoms with van der Waals surface area (Å²) in [4.78, 5) is 37.3. The number of hydrogen-bond donors (Lipinski definition) is 2. The zero-order valence-corrected chi connectivity index (χ0v) is 14.0.